The molecule has 9 nitrogen and oxygen atoms in total. The highest BCUT2D eigenvalue weighted by Gasteiger charge is 2.39. The number of hydrogen-bond donors (Lipinski definition) is 1. The number of carbonyl (C=O) groups is 3. The molecule has 1 aliphatic carbocycles. The number of likely N-dealkylation sites (tertiary alicyclic amines) is 1. The van der Waals surface area contributed by atoms with Crippen LogP contribution in [-0.4, -0.2) is 51.4 Å². The van der Waals surface area contributed by atoms with Crippen LogP contribution in [0.3, 0.4) is 0 Å². The number of carbonyl (C=O) groups excluding carboxylic acids is 3. The predicted octanol–water partition coefficient (Wildman–Crippen LogP) is 3.90. The standard InChI is InChI=1S/C25H25N5O4S/c31-22(28-19-5-6-19)18-3-7-20(8-4-18)30(24-27-13-15-35-24)23(32)21-2-1-14-29(21)25(33)34-16-17-9-11-26-12-10-17/h3-4,7-13,15,19,21H,1-2,5-6,14,16H2,(H,28,31). The third-order valence-corrected chi connectivity index (χ3v) is 6.77. The van der Waals surface area contributed by atoms with E-state index in [1.165, 1.54) is 21.1 Å². The zero-order valence-corrected chi connectivity index (χ0v) is 19.8. The minimum absolute atomic E-state index is 0.110. The molecule has 2 aliphatic rings. The summed E-state index contributed by atoms with van der Waals surface area (Å²) in [5.74, 6) is -0.376. The lowest BCUT2D eigenvalue weighted by Crippen LogP contribution is -2.46. The highest BCUT2D eigenvalue weighted by atomic mass is 32.1. The van der Waals surface area contributed by atoms with Gasteiger partial charge in [0.2, 0.25) is 0 Å². The van der Waals surface area contributed by atoms with E-state index in [0.29, 0.717) is 35.8 Å². The lowest BCUT2D eigenvalue weighted by Gasteiger charge is -2.28. The molecule has 1 atom stereocenters. The van der Waals surface area contributed by atoms with Gasteiger partial charge in [-0.05, 0) is 67.6 Å². The SMILES string of the molecule is O=C(NC1CC1)c1ccc(N(C(=O)C2CCCN2C(=O)OCc2ccncc2)c2nccs2)cc1. The number of benzene rings is 1. The summed E-state index contributed by atoms with van der Waals surface area (Å²) >= 11 is 1.33. The van der Waals surface area contributed by atoms with Crippen molar-refractivity contribution in [2.24, 2.45) is 0 Å². The minimum atomic E-state index is -0.665. The van der Waals surface area contributed by atoms with E-state index in [4.69, 9.17) is 4.74 Å². The molecular weight excluding hydrogens is 466 g/mol. The zero-order chi connectivity index (χ0) is 24.2. The lowest BCUT2D eigenvalue weighted by molar-refractivity contribution is -0.121. The first kappa shape index (κ1) is 23.0. The van der Waals surface area contributed by atoms with Crippen molar-refractivity contribution in [3.8, 4) is 0 Å². The van der Waals surface area contributed by atoms with Crippen LogP contribution in [0.2, 0.25) is 0 Å². The molecule has 2 fully saturated rings. The van der Waals surface area contributed by atoms with Gasteiger partial charge < -0.3 is 10.1 Å². The minimum Gasteiger partial charge on any atom is -0.445 e. The number of nitrogens with zero attached hydrogens (tertiary/aromatic N) is 4. The molecule has 0 radical (unpaired) electrons. The van der Waals surface area contributed by atoms with E-state index >= 15 is 0 Å². The highest BCUT2D eigenvalue weighted by molar-refractivity contribution is 7.13. The van der Waals surface area contributed by atoms with E-state index < -0.39 is 12.1 Å². The van der Waals surface area contributed by atoms with Crippen LogP contribution in [0.1, 0.15) is 41.6 Å². The fourth-order valence-corrected chi connectivity index (χ4v) is 4.68. The van der Waals surface area contributed by atoms with E-state index in [1.807, 2.05) is 0 Å². The van der Waals surface area contributed by atoms with Crippen molar-refractivity contribution in [2.75, 3.05) is 11.4 Å². The van der Waals surface area contributed by atoms with Crippen LogP contribution >= 0.6 is 11.3 Å². The summed E-state index contributed by atoms with van der Waals surface area (Å²) in [5.41, 5.74) is 1.95. The summed E-state index contributed by atoms with van der Waals surface area (Å²) in [6.07, 6.45) is 7.64. The van der Waals surface area contributed by atoms with Crippen molar-refractivity contribution in [1.29, 1.82) is 0 Å². The smallest absolute Gasteiger partial charge is 0.410 e. The molecule has 180 valence electrons. The maximum atomic E-state index is 13.8. The molecule has 10 heteroatoms. The molecule has 1 saturated heterocycles. The van der Waals surface area contributed by atoms with E-state index in [9.17, 15) is 14.4 Å². The van der Waals surface area contributed by atoms with Gasteiger partial charge in [-0.2, -0.15) is 0 Å². The molecule has 35 heavy (non-hydrogen) atoms. The van der Waals surface area contributed by atoms with E-state index in [-0.39, 0.29) is 24.5 Å². The van der Waals surface area contributed by atoms with Crippen molar-refractivity contribution in [1.82, 2.24) is 20.2 Å². The topological polar surface area (TPSA) is 105 Å². The molecule has 5 rings (SSSR count). The lowest BCUT2D eigenvalue weighted by atomic mass is 10.1. The Bertz CT molecular complexity index is 1180. The number of rotatable bonds is 7. The van der Waals surface area contributed by atoms with Gasteiger partial charge in [-0.15, -0.1) is 11.3 Å². The zero-order valence-electron chi connectivity index (χ0n) is 19.0. The largest absolute Gasteiger partial charge is 0.445 e. The van der Waals surface area contributed by atoms with Crippen LogP contribution in [0, 0.1) is 0 Å². The Morgan fingerprint density at radius 1 is 1.06 bits per heavy atom. The number of thiazole rings is 1. The third-order valence-electron chi connectivity index (χ3n) is 6.02. The molecule has 1 N–H and O–H groups in total. The van der Waals surface area contributed by atoms with Gasteiger partial charge in [-0.25, -0.2) is 9.78 Å². The second-order valence-electron chi connectivity index (χ2n) is 8.54. The van der Waals surface area contributed by atoms with Gasteiger partial charge in [0, 0.05) is 42.1 Å². The Labute approximate surface area is 206 Å². The van der Waals surface area contributed by atoms with Crippen LogP contribution in [0.4, 0.5) is 15.6 Å². The monoisotopic (exact) mass is 491 g/mol. The van der Waals surface area contributed by atoms with Gasteiger partial charge in [-0.1, -0.05) is 0 Å². The molecule has 1 aromatic carbocycles. The predicted molar refractivity (Wildman–Crippen MR) is 130 cm³/mol. The van der Waals surface area contributed by atoms with Crippen LogP contribution in [0.15, 0.2) is 60.4 Å². The summed E-state index contributed by atoms with van der Waals surface area (Å²) in [6, 6.07) is 10.0. The molecular formula is C25H25N5O4S. The number of hydrogen-bond acceptors (Lipinski definition) is 7. The number of ether oxygens (including phenoxy) is 1. The fraction of sp³-hybridized carbons (Fsp3) is 0.320. The average molecular weight is 492 g/mol. The Hall–Kier alpha value is -3.79. The number of aromatic nitrogens is 2. The van der Waals surface area contributed by atoms with Gasteiger partial charge in [-0.3, -0.25) is 24.4 Å². The van der Waals surface area contributed by atoms with Crippen LogP contribution in [-0.2, 0) is 16.1 Å². The Kier molecular flexibility index (Phi) is 6.71. The van der Waals surface area contributed by atoms with Crippen LogP contribution in [0.5, 0.6) is 0 Å². The summed E-state index contributed by atoms with van der Waals surface area (Å²) in [7, 11) is 0. The highest BCUT2D eigenvalue weighted by Crippen LogP contribution is 2.32. The second kappa shape index (κ2) is 10.2. The molecule has 1 saturated carbocycles. The number of nitrogens with one attached hydrogen (secondary N) is 1. The molecule has 0 bridgehead atoms. The first-order chi connectivity index (χ1) is 17.1. The molecule has 1 unspecified atom stereocenters. The Morgan fingerprint density at radius 3 is 2.51 bits per heavy atom. The quantitative estimate of drug-likeness (QED) is 0.538. The van der Waals surface area contributed by atoms with Gasteiger partial charge in [0.15, 0.2) is 5.13 Å². The molecule has 1 aliphatic heterocycles. The third kappa shape index (κ3) is 5.32. The summed E-state index contributed by atoms with van der Waals surface area (Å²) in [5, 5.41) is 5.26. The van der Waals surface area contributed by atoms with Crippen molar-refractivity contribution >= 4 is 40.1 Å². The molecule has 3 amide bonds. The van der Waals surface area contributed by atoms with Crippen LogP contribution < -0.4 is 10.2 Å². The maximum Gasteiger partial charge on any atom is 0.410 e. The van der Waals surface area contributed by atoms with Gasteiger partial charge in [0.25, 0.3) is 11.8 Å². The summed E-state index contributed by atoms with van der Waals surface area (Å²) in [4.78, 5) is 50.3. The number of amides is 3. The first-order valence-corrected chi connectivity index (χ1v) is 12.4. The number of anilines is 2. The van der Waals surface area contributed by atoms with E-state index in [2.05, 4.69) is 15.3 Å². The van der Waals surface area contributed by atoms with Crippen LogP contribution in [0.25, 0.3) is 0 Å². The van der Waals surface area contributed by atoms with Crippen molar-refractivity contribution < 1.29 is 19.1 Å². The second-order valence-corrected chi connectivity index (χ2v) is 9.42. The Balaban J connectivity index is 1.33. The van der Waals surface area contributed by atoms with E-state index in [1.54, 1.807) is 60.4 Å². The molecule has 3 heterocycles. The fourth-order valence-electron chi connectivity index (χ4n) is 4.01. The molecule has 0 spiro atoms. The van der Waals surface area contributed by atoms with E-state index in [0.717, 1.165) is 18.4 Å². The average Bonchev–Trinajstić information content (AvgIpc) is 3.33. The molecule has 3 aromatic rings. The Morgan fingerprint density at radius 2 is 1.83 bits per heavy atom. The van der Waals surface area contributed by atoms with Gasteiger partial charge in [0.05, 0.1) is 5.69 Å². The molecule has 2 aromatic heterocycles. The number of pyridine rings is 1. The normalized spacial score (nSPS) is 17.1. The summed E-state index contributed by atoms with van der Waals surface area (Å²) in [6.45, 7) is 0.552. The maximum absolute atomic E-state index is 13.8. The van der Waals surface area contributed by atoms with Crippen molar-refractivity contribution in [3.63, 3.8) is 0 Å². The summed E-state index contributed by atoms with van der Waals surface area (Å²) < 4.78 is 5.48. The van der Waals surface area contributed by atoms with Crippen molar-refractivity contribution in [2.45, 2.75) is 44.4 Å². The van der Waals surface area contributed by atoms with Gasteiger partial charge in [0.1, 0.15) is 12.6 Å². The van der Waals surface area contributed by atoms with Crippen molar-refractivity contribution in [3.05, 3.63) is 71.5 Å². The van der Waals surface area contributed by atoms with Gasteiger partial charge >= 0.3 is 6.09 Å². The first-order valence-electron chi connectivity index (χ1n) is 11.6.